The Bertz CT molecular complexity index is 398. The van der Waals surface area contributed by atoms with Gasteiger partial charge in [-0.2, -0.15) is 5.26 Å². The summed E-state index contributed by atoms with van der Waals surface area (Å²) < 4.78 is 0. The second-order valence-electron chi connectivity index (χ2n) is 3.45. The SMILES string of the molecule is Cc1cc(SC(C)CO)c(C#N)c(C)n1. The van der Waals surface area contributed by atoms with E-state index in [0.29, 0.717) is 5.56 Å². The highest BCUT2D eigenvalue weighted by Gasteiger charge is 2.11. The van der Waals surface area contributed by atoms with Crippen LogP contribution in [0, 0.1) is 25.2 Å². The zero-order chi connectivity index (χ0) is 11.4. The minimum absolute atomic E-state index is 0.0956. The predicted molar refractivity (Wildman–Crippen MR) is 60.8 cm³/mol. The van der Waals surface area contributed by atoms with Gasteiger partial charge in [-0.1, -0.05) is 6.92 Å². The number of aliphatic hydroxyl groups excluding tert-OH is 1. The van der Waals surface area contributed by atoms with Gasteiger partial charge in [0.15, 0.2) is 0 Å². The van der Waals surface area contributed by atoms with Crippen LogP contribution < -0.4 is 0 Å². The van der Waals surface area contributed by atoms with Crippen molar-refractivity contribution in [3.8, 4) is 6.07 Å². The standard InChI is InChI=1S/C11H14N2OS/c1-7-4-11(15-8(2)6-14)10(5-12)9(3)13-7/h4,8,14H,6H2,1-3H3. The highest BCUT2D eigenvalue weighted by Crippen LogP contribution is 2.28. The molecule has 0 aliphatic carbocycles. The van der Waals surface area contributed by atoms with Gasteiger partial charge in [-0.15, -0.1) is 11.8 Å². The maximum absolute atomic E-state index is 9.01. The van der Waals surface area contributed by atoms with Gasteiger partial charge in [-0.05, 0) is 19.9 Å². The van der Waals surface area contributed by atoms with E-state index in [2.05, 4.69) is 11.1 Å². The van der Waals surface area contributed by atoms with Crippen molar-refractivity contribution in [2.24, 2.45) is 0 Å². The van der Waals surface area contributed by atoms with Gasteiger partial charge in [-0.3, -0.25) is 4.98 Å². The fourth-order valence-corrected chi connectivity index (χ4v) is 2.33. The van der Waals surface area contributed by atoms with Crippen molar-refractivity contribution >= 4 is 11.8 Å². The number of hydrogen-bond acceptors (Lipinski definition) is 4. The number of thioether (sulfide) groups is 1. The van der Waals surface area contributed by atoms with E-state index in [9.17, 15) is 0 Å². The maximum atomic E-state index is 9.01. The number of hydrogen-bond donors (Lipinski definition) is 1. The molecule has 1 unspecified atom stereocenters. The fraction of sp³-hybridized carbons (Fsp3) is 0.455. The molecule has 3 nitrogen and oxygen atoms in total. The average Bonchev–Trinajstić information content (AvgIpc) is 2.17. The van der Waals surface area contributed by atoms with Crippen LogP contribution in [0.2, 0.25) is 0 Å². The Balaban J connectivity index is 3.10. The highest BCUT2D eigenvalue weighted by molar-refractivity contribution is 8.00. The molecule has 0 radical (unpaired) electrons. The van der Waals surface area contributed by atoms with Crippen molar-refractivity contribution in [3.05, 3.63) is 23.0 Å². The highest BCUT2D eigenvalue weighted by atomic mass is 32.2. The van der Waals surface area contributed by atoms with Gasteiger partial charge in [0.05, 0.1) is 17.9 Å². The Kier molecular flexibility index (Phi) is 4.13. The van der Waals surface area contributed by atoms with Gasteiger partial charge in [0.2, 0.25) is 0 Å². The molecule has 1 heterocycles. The molecule has 80 valence electrons. The van der Waals surface area contributed by atoms with Crippen molar-refractivity contribution in [2.45, 2.75) is 30.9 Å². The Morgan fingerprint density at radius 2 is 2.27 bits per heavy atom. The van der Waals surface area contributed by atoms with Crippen molar-refractivity contribution in [2.75, 3.05) is 6.61 Å². The van der Waals surface area contributed by atoms with Crippen LogP contribution in [0.1, 0.15) is 23.9 Å². The molecule has 0 saturated heterocycles. The number of pyridine rings is 1. The largest absolute Gasteiger partial charge is 0.395 e. The van der Waals surface area contributed by atoms with Crippen molar-refractivity contribution < 1.29 is 5.11 Å². The third kappa shape index (κ3) is 2.95. The van der Waals surface area contributed by atoms with E-state index in [4.69, 9.17) is 10.4 Å². The summed E-state index contributed by atoms with van der Waals surface area (Å²) in [7, 11) is 0. The first-order valence-electron chi connectivity index (χ1n) is 4.74. The van der Waals surface area contributed by atoms with Crippen LogP contribution in [0.25, 0.3) is 0 Å². The maximum Gasteiger partial charge on any atom is 0.102 e. The molecular weight excluding hydrogens is 208 g/mol. The van der Waals surface area contributed by atoms with E-state index >= 15 is 0 Å². The summed E-state index contributed by atoms with van der Waals surface area (Å²) in [6, 6.07) is 4.05. The van der Waals surface area contributed by atoms with Crippen LogP contribution in [-0.2, 0) is 0 Å². The normalized spacial score (nSPS) is 12.2. The van der Waals surface area contributed by atoms with Crippen LogP contribution in [0.15, 0.2) is 11.0 Å². The molecule has 0 aliphatic heterocycles. The monoisotopic (exact) mass is 222 g/mol. The van der Waals surface area contributed by atoms with E-state index in [0.717, 1.165) is 16.3 Å². The Labute approximate surface area is 94.2 Å². The summed E-state index contributed by atoms with van der Waals surface area (Å²) in [6.45, 7) is 5.77. The van der Waals surface area contributed by atoms with Crippen LogP contribution in [-0.4, -0.2) is 21.9 Å². The Morgan fingerprint density at radius 3 is 2.80 bits per heavy atom. The van der Waals surface area contributed by atoms with Gasteiger partial charge in [0.1, 0.15) is 6.07 Å². The fourth-order valence-electron chi connectivity index (χ4n) is 1.28. The van der Waals surface area contributed by atoms with Crippen molar-refractivity contribution in [1.29, 1.82) is 5.26 Å². The zero-order valence-electron chi connectivity index (χ0n) is 9.11. The molecule has 0 aliphatic rings. The van der Waals surface area contributed by atoms with Gasteiger partial charge >= 0.3 is 0 Å². The molecule has 1 rings (SSSR count). The lowest BCUT2D eigenvalue weighted by Gasteiger charge is -2.11. The Morgan fingerprint density at radius 1 is 1.60 bits per heavy atom. The van der Waals surface area contributed by atoms with Crippen molar-refractivity contribution in [1.82, 2.24) is 4.98 Å². The molecule has 15 heavy (non-hydrogen) atoms. The van der Waals surface area contributed by atoms with Crippen molar-refractivity contribution in [3.63, 3.8) is 0 Å². The first-order valence-corrected chi connectivity index (χ1v) is 5.62. The number of aromatic nitrogens is 1. The van der Waals surface area contributed by atoms with E-state index < -0.39 is 0 Å². The lowest BCUT2D eigenvalue weighted by molar-refractivity contribution is 0.300. The van der Waals surface area contributed by atoms with Gasteiger partial charge in [0, 0.05) is 15.8 Å². The molecule has 0 amide bonds. The third-order valence-electron chi connectivity index (χ3n) is 1.99. The lowest BCUT2D eigenvalue weighted by Crippen LogP contribution is -2.03. The minimum atomic E-state index is 0.0956. The van der Waals surface area contributed by atoms with E-state index in [1.165, 1.54) is 11.8 Å². The number of nitriles is 1. The smallest absolute Gasteiger partial charge is 0.102 e. The average molecular weight is 222 g/mol. The summed E-state index contributed by atoms with van der Waals surface area (Å²) in [4.78, 5) is 5.15. The molecule has 1 atom stereocenters. The predicted octanol–water partition coefficient (Wildman–Crippen LogP) is 2.04. The number of nitrogens with zero attached hydrogens (tertiary/aromatic N) is 2. The van der Waals surface area contributed by atoms with Crippen LogP contribution in [0.5, 0.6) is 0 Å². The Hall–Kier alpha value is -1.05. The summed E-state index contributed by atoms with van der Waals surface area (Å²) >= 11 is 1.51. The second-order valence-corrected chi connectivity index (χ2v) is 4.93. The van der Waals surface area contributed by atoms with E-state index in [1.807, 2.05) is 26.8 Å². The van der Waals surface area contributed by atoms with Gasteiger partial charge in [-0.25, -0.2) is 0 Å². The summed E-state index contributed by atoms with van der Waals surface area (Å²) in [5.74, 6) is 0. The number of rotatable bonds is 3. The minimum Gasteiger partial charge on any atom is -0.395 e. The second kappa shape index (κ2) is 5.15. The topological polar surface area (TPSA) is 56.9 Å². The van der Waals surface area contributed by atoms with E-state index in [-0.39, 0.29) is 11.9 Å². The van der Waals surface area contributed by atoms with Crippen LogP contribution in [0.4, 0.5) is 0 Å². The number of aryl methyl sites for hydroxylation is 2. The van der Waals surface area contributed by atoms with Crippen LogP contribution in [0.3, 0.4) is 0 Å². The summed E-state index contributed by atoms with van der Waals surface area (Å²) in [5.41, 5.74) is 2.27. The number of aliphatic hydroxyl groups is 1. The molecule has 4 heteroatoms. The first kappa shape index (κ1) is 12.0. The molecule has 1 aromatic rings. The molecule has 0 aromatic carbocycles. The molecule has 0 spiro atoms. The summed E-state index contributed by atoms with van der Waals surface area (Å²) in [5, 5.41) is 18.1. The lowest BCUT2D eigenvalue weighted by atomic mass is 10.2. The molecular formula is C11H14N2OS. The third-order valence-corrected chi connectivity index (χ3v) is 3.12. The molecule has 0 bridgehead atoms. The molecule has 1 N–H and O–H groups in total. The zero-order valence-corrected chi connectivity index (χ0v) is 9.93. The van der Waals surface area contributed by atoms with Crippen LogP contribution >= 0.6 is 11.8 Å². The summed E-state index contributed by atoms with van der Waals surface area (Å²) in [6.07, 6.45) is 0. The van der Waals surface area contributed by atoms with Gasteiger partial charge < -0.3 is 5.11 Å². The van der Waals surface area contributed by atoms with Gasteiger partial charge in [0.25, 0.3) is 0 Å². The quantitative estimate of drug-likeness (QED) is 0.795. The molecule has 0 saturated carbocycles. The first-order chi connectivity index (χ1) is 7.08. The van der Waals surface area contributed by atoms with E-state index in [1.54, 1.807) is 0 Å². The molecule has 0 fully saturated rings. The molecule has 1 aromatic heterocycles.